The fourth-order valence-electron chi connectivity index (χ4n) is 2.58. The van der Waals surface area contributed by atoms with Gasteiger partial charge in [-0.25, -0.2) is 0 Å². The fraction of sp³-hybridized carbons (Fsp3) is 0.500. The summed E-state index contributed by atoms with van der Waals surface area (Å²) in [6.07, 6.45) is 4.68. The van der Waals surface area contributed by atoms with Crippen LogP contribution in [0, 0.1) is 0 Å². The van der Waals surface area contributed by atoms with Gasteiger partial charge in [-0.1, -0.05) is 19.1 Å². The van der Waals surface area contributed by atoms with Gasteiger partial charge in [-0.3, -0.25) is 4.99 Å². The lowest BCUT2D eigenvalue weighted by Crippen LogP contribution is -2.39. The molecule has 0 fully saturated rings. The first-order valence-corrected chi connectivity index (χ1v) is 8.71. The van der Waals surface area contributed by atoms with Crippen molar-refractivity contribution in [1.29, 1.82) is 0 Å². The summed E-state index contributed by atoms with van der Waals surface area (Å²) < 4.78 is 7.31. The molecule has 0 unspecified atom stereocenters. The molecule has 1 aromatic heterocycles. The van der Waals surface area contributed by atoms with Gasteiger partial charge < -0.3 is 19.9 Å². The molecule has 0 aliphatic carbocycles. The molecular weight excluding hydrogens is 443 g/mol. The van der Waals surface area contributed by atoms with Gasteiger partial charge in [0.15, 0.2) is 5.96 Å². The van der Waals surface area contributed by atoms with Gasteiger partial charge in [-0.15, -0.1) is 34.2 Å². The molecule has 7 nitrogen and oxygen atoms in total. The number of rotatable bonds is 9. The molecule has 26 heavy (non-hydrogen) atoms. The molecule has 0 aliphatic rings. The van der Waals surface area contributed by atoms with E-state index in [4.69, 9.17) is 4.74 Å². The quantitative estimate of drug-likeness (QED) is 0.254. The second-order valence-corrected chi connectivity index (χ2v) is 5.67. The van der Waals surface area contributed by atoms with Crippen LogP contribution < -0.4 is 15.4 Å². The number of guanidine groups is 1. The number of hydrogen-bond donors (Lipinski definition) is 2. The van der Waals surface area contributed by atoms with Gasteiger partial charge >= 0.3 is 0 Å². The number of aliphatic imine (C=N–C) groups is 1. The van der Waals surface area contributed by atoms with Crippen LogP contribution in [0.4, 0.5) is 0 Å². The number of aromatic nitrogens is 3. The molecule has 0 atom stereocenters. The van der Waals surface area contributed by atoms with Gasteiger partial charge in [0.05, 0.1) is 7.11 Å². The average Bonchev–Trinajstić information content (AvgIpc) is 3.11. The zero-order valence-electron chi connectivity index (χ0n) is 15.7. The monoisotopic (exact) mass is 472 g/mol. The van der Waals surface area contributed by atoms with E-state index in [9.17, 15) is 0 Å². The fourth-order valence-corrected chi connectivity index (χ4v) is 2.58. The lowest BCUT2D eigenvalue weighted by atomic mass is 10.1. The van der Waals surface area contributed by atoms with E-state index in [1.54, 1.807) is 20.5 Å². The van der Waals surface area contributed by atoms with E-state index < -0.39 is 0 Å². The average molecular weight is 472 g/mol. The summed E-state index contributed by atoms with van der Waals surface area (Å²) in [5.41, 5.74) is 1.28. The third kappa shape index (κ3) is 7.19. The van der Waals surface area contributed by atoms with Crippen molar-refractivity contribution >= 4 is 29.9 Å². The van der Waals surface area contributed by atoms with Crippen LogP contribution in [0.1, 0.15) is 24.7 Å². The Bertz CT molecular complexity index is 673. The molecule has 0 spiro atoms. The van der Waals surface area contributed by atoms with Gasteiger partial charge in [0.25, 0.3) is 0 Å². The van der Waals surface area contributed by atoms with Crippen LogP contribution in [-0.4, -0.2) is 48.0 Å². The van der Waals surface area contributed by atoms with Gasteiger partial charge in [0.2, 0.25) is 0 Å². The predicted octanol–water partition coefficient (Wildman–Crippen LogP) is 2.26. The standard InChI is InChI=1S/C18H28N6O.HI/c1-4-17-23-22-14-24(17)12-11-21-18(19-2)20-10-6-8-15-7-5-9-16(13-15)25-3;/h5,7,9,13-14H,4,6,8,10-12H2,1-3H3,(H2,19,20,21);1H. The van der Waals surface area contributed by atoms with Crippen molar-refractivity contribution in [2.75, 3.05) is 27.2 Å². The number of nitrogens with one attached hydrogen (secondary N) is 2. The molecule has 2 aromatic rings. The van der Waals surface area contributed by atoms with Crippen molar-refractivity contribution < 1.29 is 4.74 Å². The van der Waals surface area contributed by atoms with Crippen molar-refractivity contribution in [3.8, 4) is 5.75 Å². The van der Waals surface area contributed by atoms with Crippen molar-refractivity contribution in [2.24, 2.45) is 4.99 Å². The Kier molecular flexibility index (Phi) is 10.7. The third-order valence-corrected chi connectivity index (χ3v) is 3.95. The van der Waals surface area contributed by atoms with Crippen LogP contribution in [0.25, 0.3) is 0 Å². The maximum Gasteiger partial charge on any atom is 0.191 e. The second kappa shape index (κ2) is 12.5. The third-order valence-electron chi connectivity index (χ3n) is 3.95. The van der Waals surface area contributed by atoms with Crippen molar-refractivity contribution in [3.05, 3.63) is 42.0 Å². The van der Waals surface area contributed by atoms with Crippen LogP contribution in [0.2, 0.25) is 0 Å². The minimum absolute atomic E-state index is 0. The van der Waals surface area contributed by atoms with E-state index in [2.05, 4.69) is 49.4 Å². The molecule has 144 valence electrons. The molecule has 0 radical (unpaired) electrons. The molecule has 0 aliphatic heterocycles. The Morgan fingerprint density at radius 2 is 2.08 bits per heavy atom. The summed E-state index contributed by atoms with van der Waals surface area (Å²) in [4.78, 5) is 4.26. The molecule has 8 heteroatoms. The van der Waals surface area contributed by atoms with Crippen molar-refractivity contribution in [1.82, 2.24) is 25.4 Å². The minimum atomic E-state index is 0. The summed E-state index contributed by atoms with van der Waals surface area (Å²) in [7, 11) is 3.48. The summed E-state index contributed by atoms with van der Waals surface area (Å²) >= 11 is 0. The first-order chi connectivity index (χ1) is 12.3. The topological polar surface area (TPSA) is 76.4 Å². The highest BCUT2D eigenvalue weighted by Crippen LogP contribution is 2.13. The molecule has 2 N–H and O–H groups in total. The number of benzene rings is 1. The normalized spacial score (nSPS) is 11.0. The van der Waals surface area contributed by atoms with Crippen molar-refractivity contribution in [2.45, 2.75) is 32.7 Å². The number of ether oxygens (including phenoxy) is 1. The minimum Gasteiger partial charge on any atom is -0.497 e. The largest absolute Gasteiger partial charge is 0.497 e. The van der Waals surface area contributed by atoms with Crippen LogP contribution >= 0.6 is 24.0 Å². The number of halogens is 1. The molecule has 0 saturated carbocycles. The number of aryl methyl sites for hydroxylation is 2. The lowest BCUT2D eigenvalue weighted by Gasteiger charge is -2.12. The Hall–Kier alpha value is -1.84. The summed E-state index contributed by atoms with van der Waals surface area (Å²) in [5.74, 6) is 2.73. The highest BCUT2D eigenvalue weighted by atomic mass is 127. The van der Waals surface area contributed by atoms with E-state index in [1.165, 1.54) is 5.56 Å². The maximum absolute atomic E-state index is 5.25. The molecule has 0 amide bonds. The highest BCUT2D eigenvalue weighted by molar-refractivity contribution is 14.0. The maximum atomic E-state index is 5.25. The zero-order valence-corrected chi connectivity index (χ0v) is 18.1. The van der Waals surface area contributed by atoms with Crippen LogP contribution in [-0.2, 0) is 19.4 Å². The SMILES string of the molecule is CCc1nncn1CCNC(=NC)NCCCc1cccc(OC)c1.I. The second-order valence-electron chi connectivity index (χ2n) is 5.67. The molecule has 2 rings (SSSR count). The Morgan fingerprint density at radius 1 is 1.27 bits per heavy atom. The van der Waals surface area contributed by atoms with Crippen LogP contribution in [0.5, 0.6) is 5.75 Å². The highest BCUT2D eigenvalue weighted by Gasteiger charge is 2.02. The molecule has 0 saturated heterocycles. The number of nitrogens with zero attached hydrogens (tertiary/aromatic N) is 4. The van der Waals surface area contributed by atoms with Gasteiger partial charge in [-0.05, 0) is 30.5 Å². The molecule has 0 bridgehead atoms. The summed E-state index contributed by atoms with van der Waals surface area (Å²) in [5, 5.41) is 14.7. The summed E-state index contributed by atoms with van der Waals surface area (Å²) in [6.45, 7) is 4.54. The van der Waals surface area contributed by atoms with Crippen molar-refractivity contribution in [3.63, 3.8) is 0 Å². The Balaban J connectivity index is 0.00000338. The van der Waals surface area contributed by atoms with E-state index in [0.717, 1.165) is 56.4 Å². The Labute approximate surface area is 172 Å². The van der Waals surface area contributed by atoms with Gasteiger partial charge in [0.1, 0.15) is 17.9 Å². The Morgan fingerprint density at radius 3 is 2.81 bits per heavy atom. The lowest BCUT2D eigenvalue weighted by molar-refractivity contribution is 0.414. The van der Waals surface area contributed by atoms with E-state index >= 15 is 0 Å². The predicted molar refractivity (Wildman–Crippen MR) is 115 cm³/mol. The number of methoxy groups -OCH3 is 1. The first kappa shape index (κ1) is 22.2. The van der Waals surface area contributed by atoms with E-state index in [1.807, 2.05) is 12.1 Å². The van der Waals surface area contributed by atoms with Crippen LogP contribution in [0.3, 0.4) is 0 Å². The van der Waals surface area contributed by atoms with Gasteiger partial charge in [0, 0.05) is 33.1 Å². The molecular formula is C18H29IN6O. The first-order valence-electron chi connectivity index (χ1n) is 8.71. The van der Waals surface area contributed by atoms with E-state index in [-0.39, 0.29) is 24.0 Å². The summed E-state index contributed by atoms with van der Waals surface area (Å²) in [6, 6.07) is 8.20. The van der Waals surface area contributed by atoms with Gasteiger partial charge in [-0.2, -0.15) is 0 Å². The van der Waals surface area contributed by atoms with E-state index in [0.29, 0.717) is 0 Å². The van der Waals surface area contributed by atoms with Crippen LogP contribution in [0.15, 0.2) is 35.6 Å². The zero-order chi connectivity index (χ0) is 17.9. The number of hydrogen-bond acceptors (Lipinski definition) is 4. The smallest absolute Gasteiger partial charge is 0.191 e. The molecule has 1 heterocycles. The molecule has 1 aromatic carbocycles.